The highest BCUT2D eigenvalue weighted by atomic mass is 35.5. The number of carbonyl (C=O) groups is 2. The van der Waals surface area contributed by atoms with E-state index in [0.29, 0.717) is 17.1 Å². The van der Waals surface area contributed by atoms with Crippen LogP contribution in [0.5, 0.6) is 5.75 Å². The molecule has 264 valence electrons. The molecule has 2 amide bonds. The second kappa shape index (κ2) is 17.3. The standard InChI is InChI=1S/C36H38Cl2N4O7S/c1-4-5-18-39-36(44)33(20-26-10-7-6-8-11-26)40(23-27-12-9-13-28(37)19-27)35(43)24-41(32-21-29(38)15-17-34(32)49-3)50(47,48)30-16-14-25(2)31(22-30)42(45)46/h6-17,19,21-22,33H,4-5,18,20,23-24H2,1-3H3,(H,39,44)/t33-/m1/s1. The maximum absolute atomic E-state index is 14.7. The number of unbranched alkanes of at least 4 members (excludes halogenated alkanes) is 1. The molecule has 0 saturated heterocycles. The molecule has 4 aromatic carbocycles. The van der Waals surface area contributed by atoms with Crippen molar-refractivity contribution >= 4 is 56.4 Å². The normalized spacial score (nSPS) is 11.8. The number of nitrogens with zero attached hydrogens (tertiary/aromatic N) is 3. The molecular weight excluding hydrogens is 703 g/mol. The third-order valence-corrected chi connectivity index (χ3v) is 10.2. The summed E-state index contributed by atoms with van der Waals surface area (Å²) in [5, 5.41) is 15.3. The van der Waals surface area contributed by atoms with Crippen molar-refractivity contribution < 1.29 is 27.7 Å². The fourth-order valence-electron chi connectivity index (χ4n) is 5.34. The van der Waals surface area contributed by atoms with Gasteiger partial charge in [-0.15, -0.1) is 0 Å². The van der Waals surface area contributed by atoms with Crippen molar-refractivity contribution in [2.75, 3.05) is 24.5 Å². The molecule has 0 aliphatic heterocycles. The molecule has 14 heteroatoms. The van der Waals surface area contributed by atoms with Crippen molar-refractivity contribution in [2.24, 2.45) is 0 Å². The smallest absolute Gasteiger partial charge is 0.273 e. The van der Waals surface area contributed by atoms with Gasteiger partial charge >= 0.3 is 0 Å². The van der Waals surface area contributed by atoms with Crippen molar-refractivity contribution in [1.82, 2.24) is 10.2 Å². The number of nitro groups is 1. The molecule has 0 aliphatic carbocycles. The number of nitrogens with one attached hydrogen (secondary N) is 1. The molecule has 0 unspecified atom stereocenters. The molecule has 11 nitrogen and oxygen atoms in total. The highest BCUT2D eigenvalue weighted by Gasteiger charge is 2.36. The van der Waals surface area contributed by atoms with E-state index in [-0.39, 0.29) is 35.0 Å². The summed E-state index contributed by atoms with van der Waals surface area (Å²) < 4.78 is 35.2. The Morgan fingerprint density at radius 1 is 0.940 bits per heavy atom. The third kappa shape index (κ3) is 9.52. The second-order valence-corrected chi connectivity index (χ2v) is 14.3. The highest BCUT2D eigenvalue weighted by Crippen LogP contribution is 2.36. The molecule has 0 aromatic heterocycles. The molecular formula is C36H38Cl2N4O7S. The average molecular weight is 742 g/mol. The van der Waals surface area contributed by atoms with Gasteiger partial charge in [0.2, 0.25) is 11.8 Å². The first-order chi connectivity index (χ1) is 23.8. The Morgan fingerprint density at radius 3 is 2.30 bits per heavy atom. The number of aryl methyl sites for hydroxylation is 1. The topological polar surface area (TPSA) is 139 Å². The lowest BCUT2D eigenvalue weighted by Crippen LogP contribution is -2.53. The molecule has 1 atom stereocenters. The predicted octanol–water partition coefficient (Wildman–Crippen LogP) is 6.97. The minimum Gasteiger partial charge on any atom is -0.495 e. The number of anilines is 1. The van der Waals surface area contributed by atoms with Gasteiger partial charge in [-0.1, -0.05) is 85.1 Å². The van der Waals surface area contributed by atoms with Gasteiger partial charge in [0.1, 0.15) is 18.3 Å². The zero-order chi connectivity index (χ0) is 36.4. The molecule has 50 heavy (non-hydrogen) atoms. The van der Waals surface area contributed by atoms with Crippen LogP contribution >= 0.6 is 23.2 Å². The van der Waals surface area contributed by atoms with Crippen LogP contribution in [0.2, 0.25) is 10.0 Å². The fraction of sp³-hybridized carbons (Fsp3) is 0.278. The van der Waals surface area contributed by atoms with Crippen molar-refractivity contribution in [3.63, 3.8) is 0 Å². The van der Waals surface area contributed by atoms with Gasteiger partial charge in [-0.25, -0.2) is 8.42 Å². The number of hydrogen-bond donors (Lipinski definition) is 1. The first-order valence-corrected chi connectivity index (χ1v) is 18.0. The van der Waals surface area contributed by atoms with Gasteiger partial charge in [-0.3, -0.25) is 24.0 Å². The number of amides is 2. The summed E-state index contributed by atoms with van der Waals surface area (Å²) in [7, 11) is -3.35. The van der Waals surface area contributed by atoms with Crippen LogP contribution in [0, 0.1) is 17.0 Å². The Morgan fingerprint density at radius 2 is 1.64 bits per heavy atom. The van der Waals surface area contributed by atoms with E-state index in [1.54, 1.807) is 24.3 Å². The van der Waals surface area contributed by atoms with Crippen LogP contribution in [0.4, 0.5) is 11.4 Å². The number of methoxy groups -OCH3 is 1. The van der Waals surface area contributed by atoms with Gasteiger partial charge in [0.05, 0.1) is 22.6 Å². The van der Waals surface area contributed by atoms with Gasteiger partial charge in [0.25, 0.3) is 15.7 Å². The van der Waals surface area contributed by atoms with E-state index in [2.05, 4.69) is 5.32 Å². The summed E-state index contributed by atoms with van der Waals surface area (Å²) in [6.07, 6.45) is 1.68. The number of sulfonamides is 1. The number of halogens is 2. The summed E-state index contributed by atoms with van der Waals surface area (Å²) >= 11 is 12.6. The lowest BCUT2D eigenvalue weighted by atomic mass is 10.0. The summed E-state index contributed by atoms with van der Waals surface area (Å²) in [5.74, 6) is -1.07. The molecule has 4 aromatic rings. The minimum absolute atomic E-state index is 0.0759. The second-order valence-electron chi connectivity index (χ2n) is 11.5. The monoisotopic (exact) mass is 740 g/mol. The molecule has 0 spiro atoms. The molecule has 0 heterocycles. The molecule has 0 radical (unpaired) electrons. The van der Waals surface area contributed by atoms with Gasteiger partial charge < -0.3 is 15.0 Å². The van der Waals surface area contributed by atoms with Crippen LogP contribution < -0.4 is 14.4 Å². The van der Waals surface area contributed by atoms with Crippen molar-refractivity contribution in [2.45, 2.75) is 50.6 Å². The van der Waals surface area contributed by atoms with E-state index in [1.165, 1.54) is 49.3 Å². The molecule has 0 aliphatic rings. The molecule has 0 fully saturated rings. The number of ether oxygens (including phenoxy) is 1. The summed E-state index contributed by atoms with van der Waals surface area (Å²) in [4.78, 5) is 40.6. The van der Waals surface area contributed by atoms with Crippen LogP contribution in [0.1, 0.15) is 36.5 Å². The van der Waals surface area contributed by atoms with Crippen molar-refractivity contribution in [3.8, 4) is 5.75 Å². The van der Waals surface area contributed by atoms with E-state index in [9.17, 15) is 28.1 Å². The van der Waals surface area contributed by atoms with Crippen molar-refractivity contribution in [3.05, 3.63) is 128 Å². The summed E-state index contributed by atoms with van der Waals surface area (Å²) in [6.45, 7) is 2.96. The lowest BCUT2D eigenvalue weighted by molar-refractivity contribution is -0.385. The number of rotatable bonds is 16. The maximum Gasteiger partial charge on any atom is 0.273 e. The molecule has 4 rings (SSSR count). The lowest BCUT2D eigenvalue weighted by Gasteiger charge is -2.34. The van der Waals surface area contributed by atoms with E-state index in [1.807, 2.05) is 37.3 Å². The Balaban J connectivity index is 1.88. The number of nitro benzene ring substituents is 1. The SMILES string of the molecule is CCCCNC(=O)[C@@H](Cc1ccccc1)N(Cc1cccc(Cl)c1)C(=O)CN(c1cc(Cl)ccc1OC)S(=O)(=O)c1ccc(C)c([N+](=O)[O-])c1. The molecule has 0 bridgehead atoms. The Hall–Kier alpha value is -4.65. The zero-order valence-electron chi connectivity index (χ0n) is 27.8. The van der Waals surface area contributed by atoms with Crippen LogP contribution in [-0.2, 0) is 32.6 Å². The summed E-state index contributed by atoms with van der Waals surface area (Å²) in [5.41, 5.74) is 1.15. The molecule has 1 N–H and O–H groups in total. The van der Waals surface area contributed by atoms with Crippen LogP contribution in [0.25, 0.3) is 0 Å². The van der Waals surface area contributed by atoms with Gasteiger partial charge in [0, 0.05) is 41.2 Å². The Kier molecular flexibility index (Phi) is 13.2. The number of benzene rings is 4. The Labute approximate surface area is 302 Å². The fourth-order valence-corrected chi connectivity index (χ4v) is 7.15. The van der Waals surface area contributed by atoms with Crippen LogP contribution in [0.15, 0.2) is 95.9 Å². The zero-order valence-corrected chi connectivity index (χ0v) is 30.2. The first-order valence-electron chi connectivity index (χ1n) is 15.8. The quantitative estimate of drug-likeness (QED) is 0.0744. The number of hydrogen-bond acceptors (Lipinski definition) is 7. The van der Waals surface area contributed by atoms with E-state index in [0.717, 1.165) is 28.8 Å². The number of carbonyl (C=O) groups excluding carboxylic acids is 2. The van der Waals surface area contributed by atoms with Gasteiger partial charge in [0.15, 0.2) is 0 Å². The van der Waals surface area contributed by atoms with Gasteiger partial charge in [-0.2, -0.15) is 0 Å². The Bertz CT molecular complexity index is 1940. The van der Waals surface area contributed by atoms with E-state index in [4.69, 9.17) is 27.9 Å². The van der Waals surface area contributed by atoms with E-state index < -0.39 is 49.9 Å². The molecule has 0 saturated carbocycles. The van der Waals surface area contributed by atoms with Gasteiger partial charge in [-0.05, 0) is 60.9 Å². The first kappa shape index (κ1) is 38.2. The average Bonchev–Trinajstić information content (AvgIpc) is 3.09. The highest BCUT2D eigenvalue weighted by molar-refractivity contribution is 7.92. The summed E-state index contributed by atoms with van der Waals surface area (Å²) in [6, 6.07) is 22.7. The third-order valence-electron chi connectivity index (χ3n) is 8.00. The van der Waals surface area contributed by atoms with Crippen LogP contribution in [0.3, 0.4) is 0 Å². The maximum atomic E-state index is 14.7. The predicted molar refractivity (Wildman–Crippen MR) is 194 cm³/mol. The van der Waals surface area contributed by atoms with Crippen LogP contribution in [-0.4, -0.2) is 56.3 Å². The minimum atomic E-state index is -4.69. The van der Waals surface area contributed by atoms with Crippen molar-refractivity contribution in [1.29, 1.82) is 0 Å². The largest absolute Gasteiger partial charge is 0.495 e. The van der Waals surface area contributed by atoms with E-state index >= 15 is 0 Å².